The third kappa shape index (κ3) is 5.61. The van der Waals surface area contributed by atoms with Crippen LogP contribution in [0.2, 0.25) is 0 Å². The number of carbonyl (C=O) groups excluding carboxylic acids is 1. The van der Waals surface area contributed by atoms with Crippen LogP contribution in [0.3, 0.4) is 0 Å². The number of carbonyl (C=O) groups is 1. The molecular formula is C28H35N5O3. The zero-order valence-electron chi connectivity index (χ0n) is 20.9. The molecule has 2 saturated heterocycles. The lowest BCUT2D eigenvalue weighted by Crippen LogP contribution is -2.55. The fraction of sp³-hybridized carbons (Fsp3) is 0.500. The first-order valence-corrected chi connectivity index (χ1v) is 12.7. The summed E-state index contributed by atoms with van der Waals surface area (Å²) in [6.45, 7) is 5.71. The number of nitrogens with zero attached hydrogens (tertiary/aromatic N) is 3. The van der Waals surface area contributed by atoms with E-state index in [1.165, 1.54) is 5.56 Å². The summed E-state index contributed by atoms with van der Waals surface area (Å²) in [5, 5.41) is 12.5. The highest BCUT2D eigenvalue weighted by atomic mass is 16.7. The quantitative estimate of drug-likeness (QED) is 0.612. The van der Waals surface area contributed by atoms with Crippen LogP contribution in [0.1, 0.15) is 24.0 Å². The molecule has 3 aliphatic rings. The summed E-state index contributed by atoms with van der Waals surface area (Å²) in [5.41, 5.74) is 9.89. The Balaban J connectivity index is 1.15. The predicted octanol–water partition coefficient (Wildman–Crippen LogP) is 1.88. The number of fused-ring (bicyclic) bond motifs is 1. The molecule has 2 aromatic carbocycles. The predicted molar refractivity (Wildman–Crippen MR) is 137 cm³/mol. The van der Waals surface area contributed by atoms with E-state index in [1.807, 2.05) is 12.1 Å². The number of nitriles is 1. The van der Waals surface area contributed by atoms with Crippen LogP contribution in [0.15, 0.2) is 48.5 Å². The first-order valence-electron chi connectivity index (χ1n) is 12.7. The molecule has 2 aromatic rings. The van der Waals surface area contributed by atoms with Gasteiger partial charge in [0.1, 0.15) is 18.4 Å². The summed E-state index contributed by atoms with van der Waals surface area (Å²) in [7, 11) is 2.18. The van der Waals surface area contributed by atoms with Gasteiger partial charge >= 0.3 is 0 Å². The van der Waals surface area contributed by atoms with Crippen LogP contribution in [0.25, 0.3) is 11.1 Å². The molecule has 1 amide bonds. The SMILES string of the molecule is CN1CCN(Cc2ccc(-c3ccc(C[C@@H](C#N)NC(=O)C4(N)CC5OCOC5C4)cc3)cc2)CC1. The average molecular weight is 490 g/mol. The number of piperazine rings is 1. The second-order valence-corrected chi connectivity index (χ2v) is 10.4. The van der Waals surface area contributed by atoms with Gasteiger partial charge in [0.25, 0.3) is 0 Å². The summed E-state index contributed by atoms with van der Waals surface area (Å²) >= 11 is 0. The molecule has 8 nitrogen and oxygen atoms in total. The van der Waals surface area contributed by atoms with Crippen molar-refractivity contribution in [1.29, 1.82) is 5.26 Å². The number of likely N-dealkylation sites (N-methyl/N-ethyl adjacent to an activating group) is 1. The maximum absolute atomic E-state index is 12.9. The number of benzene rings is 2. The van der Waals surface area contributed by atoms with Crippen LogP contribution in [0.4, 0.5) is 0 Å². The molecule has 1 aliphatic carbocycles. The molecule has 190 valence electrons. The van der Waals surface area contributed by atoms with Crippen molar-refractivity contribution >= 4 is 5.91 Å². The van der Waals surface area contributed by atoms with Crippen LogP contribution < -0.4 is 11.1 Å². The summed E-state index contributed by atoms with van der Waals surface area (Å²) in [6, 6.07) is 18.5. The number of hydrogen-bond acceptors (Lipinski definition) is 7. The first-order chi connectivity index (χ1) is 17.4. The maximum atomic E-state index is 12.9. The lowest BCUT2D eigenvalue weighted by molar-refractivity contribution is -0.127. The minimum absolute atomic E-state index is 0.144. The van der Waals surface area contributed by atoms with Gasteiger partial charge < -0.3 is 25.4 Å². The van der Waals surface area contributed by atoms with E-state index in [0.717, 1.165) is 49.4 Å². The Hall–Kier alpha value is -2.80. The minimum atomic E-state index is -1.06. The third-order valence-electron chi connectivity index (χ3n) is 7.71. The normalized spacial score (nSPS) is 27.4. The Bertz CT molecular complexity index is 1080. The van der Waals surface area contributed by atoms with E-state index in [2.05, 4.69) is 64.6 Å². The number of nitrogens with two attached hydrogens (primary N) is 1. The van der Waals surface area contributed by atoms with Crippen molar-refractivity contribution in [1.82, 2.24) is 15.1 Å². The van der Waals surface area contributed by atoms with E-state index in [0.29, 0.717) is 19.3 Å². The van der Waals surface area contributed by atoms with E-state index in [9.17, 15) is 10.1 Å². The molecule has 0 bridgehead atoms. The fourth-order valence-corrected chi connectivity index (χ4v) is 5.36. The van der Waals surface area contributed by atoms with E-state index < -0.39 is 11.6 Å². The highest BCUT2D eigenvalue weighted by molar-refractivity contribution is 5.87. The van der Waals surface area contributed by atoms with Gasteiger partial charge in [0.05, 0.1) is 18.3 Å². The Morgan fingerprint density at radius 1 is 1.03 bits per heavy atom. The molecule has 0 radical (unpaired) electrons. The topological polar surface area (TPSA) is 104 Å². The molecule has 0 aromatic heterocycles. The molecular weight excluding hydrogens is 454 g/mol. The van der Waals surface area contributed by atoms with Gasteiger partial charge in [-0.2, -0.15) is 5.26 Å². The highest BCUT2D eigenvalue weighted by Crippen LogP contribution is 2.36. The molecule has 2 aliphatic heterocycles. The Morgan fingerprint density at radius 2 is 1.58 bits per heavy atom. The van der Waals surface area contributed by atoms with Gasteiger partial charge in [0.2, 0.25) is 5.91 Å². The van der Waals surface area contributed by atoms with Gasteiger partial charge in [0.15, 0.2) is 0 Å². The zero-order chi connectivity index (χ0) is 25.1. The van der Waals surface area contributed by atoms with Gasteiger partial charge in [-0.15, -0.1) is 0 Å². The maximum Gasteiger partial charge on any atom is 0.241 e. The molecule has 8 heteroatoms. The summed E-state index contributed by atoms with van der Waals surface area (Å²) in [5.74, 6) is -0.316. The fourth-order valence-electron chi connectivity index (χ4n) is 5.36. The van der Waals surface area contributed by atoms with E-state index in [-0.39, 0.29) is 24.9 Å². The van der Waals surface area contributed by atoms with Crippen LogP contribution in [-0.2, 0) is 27.2 Å². The van der Waals surface area contributed by atoms with Gasteiger partial charge in [-0.05, 0) is 29.3 Å². The van der Waals surface area contributed by atoms with Crippen molar-refractivity contribution in [3.8, 4) is 17.2 Å². The number of amides is 1. The first kappa shape index (κ1) is 24.9. The highest BCUT2D eigenvalue weighted by Gasteiger charge is 2.51. The van der Waals surface area contributed by atoms with E-state index >= 15 is 0 Å². The average Bonchev–Trinajstić information content (AvgIpc) is 3.45. The van der Waals surface area contributed by atoms with Gasteiger partial charge in [-0.3, -0.25) is 9.69 Å². The molecule has 3 fully saturated rings. The van der Waals surface area contributed by atoms with Crippen LogP contribution in [0.5, 0.6) is 0 Å². The molecule has 1 saturated carbocycles. The van der Waals surface area contributed by atoms with Crippen molar-refractivity contribution in [3.63, 3.8) is 0 Å². The van der Waals surface area contributed by atoms with Crippen molar-refractivity contribution in [2.45, 2.75) is 49.6 Å². The van der Waals surface area contributed by atoms with Crippen LogP contribution in [-0.4, -0.2) is 79.5 Å². The van der Waals surface area contributed by atoms with Crippen molar-refractivity contribution in [3.05, 3.63) is 59.7 Å². The van der Waals surface area contributed by atoms with E-state index in [1.54, 1.807) is 0 Å². The monoisotopic (exact) mass is 489 g/mol. The number of nitrogens with one attached hydrogen (secondary N) is 1. The Labute approximate surface area is 213 Å². The number of ether oxygens (including phenoxy) is 2. The van der Waals surface area contributed by atoms with E-state index in [4.69, 9.17) is 15.2 Å². The zero-order valence-corrected chi connectivity index (χ0v) is 20.9. The number of rotatable bonds is 7. The lowest BCUT2D eigenvalue weighted by Gasteiger charge is -2.32. The summed E-state index contributed by atoms with van der Waals surface area (Å²) in [6.07, 6.45) is 0.946. The smallest absolute Gasteiger partial charge is 0.241 e. The second-order valence-electron chi connectivity index (χ2n) is 10.4. The number of hydrogen-bond donors (Lipinski definition) is 2. The van der Waals surface area contributed by atoms with Crippen molar-refractivity contribution < 1.29 is 14.3 Å². The Kier molecular flexibility index (Phi) is 7.37. The standard InChI is InChI=1S/C28H35N5O3/c1-32-10-12-33(13-11-32)18-21-4-8-23(9-5-21)22-6-2-20(3-7-22)14-24(17-29)31-27(34)28(30)15-25-26(16-28)36-19-35-25/h2-9,24-26H,10-16,18-19,30H2,1H3,(H,31,34)/t24-,25?,26?,28?/m0/s1. The molecule has 2 unspecified atom stereocenters. The lowest BCUT2D eigenvalue weighted by atomic mass is 9.96. The van der Waals surface area contributed by atoms with Gasteiger partial charge in [-0.25, -0.2) is 0 Å². The van der Waals surface area contributed by atoms with Gasteiger partial charge in [0, 0.05) is 52.0 Å². The van der Waals surface area contributed by atoms with Gasteiger partial charge in [-0.1, -0.05) is 48.5 Å². The van der Waals surface area contributed by atoms with Crippen LogP contribution in [0, 0.1) is 11.3 Å². The second kappa shape index (κ2) is 10.7. The molecule has 5 rings (SSSR count). The molecule has 3 N–H and O–H groups in total. The minimum Gasteiger partial charge on any atom is -0.349 e. The Morgan fingerprint density at radius 3 is 2.14 bits per heavy atom. The molecule has 2 heterocycles. The van der Waals surface area contributed by atoms with Crippen molar-refractivity contribution in [2.75, 3.05) is 40.0 Å². The largest absolute Gasteiger partial charge is 0.349 e. The summed E-state index contributed by atoms with van der Waals surface area (Å²) < 4.78 is 11.0. The van der Waals surface area contributed by atoms with Crippen molar-refractivity contribution in [2.24, 2.45) is 5.73 Å². The molecule has 0 spiro atoms. The van der Waals surface area contributed by atoms with Crippen LogP contribution >= 0.6 is 0 Å². The molecule has 36 heavy (non-hydrogen) atoms. The summed E-state index contributed by atoms with van der Waals surface area (Å²) in [4.78, 5) is 17.7. The third-order valence-corrected chi connectivity index (χ3v) is 7.71. The molecule has 3 atom stereocenters.